The first-order valence-electron chi connectivity index (χ1n) is 8.56. The first kappa shape index (κ1) is 17.4. The van der Waals surface area contributed by atoms with Crippen molar-refractivity contribution in [2.75, 3.05) is 7.11 Å². The van der Waals surface area contributed by atoms with Crippen LogP contribution >= 0.6 is 11.6 Å². The van der Waals surface area contributed by atoms with Crippen LogP contribution in [0.15, 0.2) is 75.9 Å². The van der Waals surface area contributed by atoms with Crippen molar-refractivity contribution in [1.82, 2.24) is 0 Å². The van der Waals surface area contributed by atoms with E-state index in [1.165, 1.54) is 0 Å². The van der Waals surface area contributed by atoms with E-state index in [4.69, 9.17) is 20.8 Å². The van der Waals surface area contributed by atoms with E-state index in [2.05, 4.69) is 0 Å². The molecule has 1 aromatic heterocycles. The SMILES string of the molecule is COc1ccc2c(=O)c(-c3ccccc3)c(-c3ccc(Cl)cc3)oc2c1C. The van der Waals surface area contributed by atoms with Crippen LogP contribution in [0.25, 0.3) is 33.4 Å². The molecule has 0 N–H and O–H groups in total. The lowest BCUT2D eigenvalue weighted by molar-refractivity contribution is 0.411. The highest BCUT2D eigenvalue weighted by atomic mass is 35.5. The Labute approximate surface area is 161 Å². The van der Waals surface area contributed by atoms with Gasteiger partial charge in [-0.1, -0.05) is 41.9 Å². The first-order chi connectivity index (χ1) is 13.1. The molecule has 0 aliphatic carbocycles. The van der Waals surface area contributed by atoms with E-state index in [9.17, 15) is 4.79 Å². The Morgan fingerprint density at radius 1 is 0.889 bits per heavy atom. The van der Waals surface area contributed by atoms with Crippen molar-refractivity contribution in [2.24, 2.45) is 0 Å². The van der Waals surface area contributed by atoms with Crippen molar-refractivity contribution in [3.8, 4) is 28.2 Å². The number of hydrogen-bond donors (Lipinski definition) is 0. The van der Waals surface area contributed by atoms with Crippen molar-refractivity contribution < 1.29 is 9.15 Å². The molecule has 0 amide bonds. The average Bonchev–Trinajstić information content (AvgIpc) is 2.70. The van der Waals surface area contributed by atoms with E-state index in [1.807, 2.05) is 49.4 Å². The maximum Gasteiger partial charge on any atom is 0.201 e. The molecular formula is C23H17ClO3. The second kappa shape index (κ2) is 6.93. The predicted octanol–water partition coefficient (Wildman–Crippen LogP) is 6.10. The molecule has 0 saturated carbocycles. The third-order valence-corrected chi connectivity index (χ3v) is 4.90. The number of aryl methyl sites for hydroxylation is 1. The van der Waals surface area contributed by atoms with Gasteiger partial charge in [-0.15, -0.1) is 0 Å². The largest absolute Gasteiger partial charge is 0.496 e. The molecule has 3 aromatic carbocycles. The molecule has 0 aliphatic rings. The standard InChI is InChI=1S/C23H17ClO3/c1-14-19(26-2)13-12-18-21(25)20(15-6-4-3-5-7-15)23(27-22(14)18)16-8-10-17(24)11-9-16/h3-13H,1-2H3. The van der Waals surface area contributed by atoms with Crippen molar-refractivity contribution in [2.45, 2.75) is 6.92 Å². The summed E-state index contributed by atoms with van der Waals surface area (Å²) in [5.74, 6) is 1.20. The number of halogens is 1. The summed E-state index contributed by atoms with van der Waals surface area (Å²) < 4.78 is 11.7. The number of fused-ring (bicyclic) bond motifs is 1. The van der Waals surface area contributed by atoms with E-state index in [0.717, 1.165) is 16.7 Å². The Bertz CT molecular complexity index is 1180. The molecular weight excluding hydrogens is 360 g/mol. The Balaban J connectivity index is 2.13. The lowest BCUT2D eigenvalue weighted by Crippen LogP contribution is -2.08. The van der Waals surface area contributed by atoms with Gasteiger partial charge in [-0.25, -0.2) is 0 Å². The van der Waals surface area contributed by atoms with E-state index in [0.29, 0.717) is 33.1 Å². The highest BCUT2D eigenvalue weighted by Gasteiger charge is 2.19. The lowest BCUT2D eigenvalue weighted by Gasteiger charge is -2.13. The molecule has 0 radical (unpaired) electrons. The molecule has 0 unspecified atom stereocenters. The van der Waals surface area contributed by atoms with E-state index in [1.54, 1.807) is 31.4 Å². The zero-order valence-corrected chi connectivity index (χ0v) is 15.7. The summed E-state index contributed by atoms with van der Waals surface area (Å²) in [7, 11) is 1.60. The van der Waals surface area contributed by atoms with Gasteiger partial charge in [0.25, 0.3) is 0 Å². The minimum Gasteiger partial charge on any atom is -0.496 e. The van der Waals surface area contributed by atoms with Gasteiger partial charge in [0.2, 0.25) is 5.43 Å². The second-order valence-electron chi connectivity index (χ2n) is 6.28. The second-order valence-corrected chi connectivity index (χ2v) is 6.71. The summed E-state index contributed by atoms with van der Waals surface area (Å²) in [4.78, 5) is 13.4. The lowest BCUT2D eigenvalue weighted by atomic mass is 9.97. The van der Waals surface area contributed by atoms with Crippen LogP contribution in [0.1, 0.15) is 5.56 Å². The fraction of sp³-hybridized carbons (Fsp3) is 0.0870. The number of benzene rings is 3. The Hall–Kier alpha value is -3.04. The average molecular weight is 377 g/mol. The van der Waals surface area contributed by atoms with Gasteiger partial charge in [-0.3, -0.25) is 4.79 Å². The van der Waals surface area contributed by atoms with Crippen LogP contribution in [-0.2, 0) is 0 Å². The van der Waals surface area contributed by atoms with Gasteiger partial charge in [-0.05, 0) is 48.9 Å². The maximum absolute atomic E-state index is 13.4. The van der Waals surface area contributed by atoms with E-state index >= 15 is 0 Å². The summed E-state index contributed by atoms with van der Waals surface area (Å²) in [6, 6.07) is 20.4. The van der Waals surface area contributed by atoms with Gasteiger partial charge in [0.1, 0.15) is 17.1 Å². The molecule has 134 valence electrons. The Morgan fingerprint density at radius 2 is 1.59 bits per heavy atom. The van der Waals surface area contributed by atoms with Gasteiger partial charge in [0, 0.05) is 16.1 Å². The number of methoxy groups -OCH3 is 1. The van der Waals surface area contributed by atoms with Crippen LogP contribution in [-0.4, -0.2) is 7.11 Å². The van der Waals surface area contributed by atoms with Gasteiger partial charge in [-0.2, -0.15) is 0 Å². The predicted molar refractivity (Wildman–Crippen MR) is 110 cm³/mol. The van der Waals surface area contributed by atoms with Crippen LogP contribution in [0.3, 0.4) is 0 Å². The zero-order chi connectivity index (χ0) is 19.0. The highest BCUT2D eigenvalue weighted by molar-refractivity contribution is 6.30. The molecule has 0 atom stereocenters. The molecule has 4 aromatic rings. The van der Waals surface area contributed by atoms with Gasteiger partial charge < -0.3 is 9.15 Å². The third kappa shape index (κ3) is 3.00. The fourth-order valence-corrected chi connectivity index (χ4v) is 3.39. The molecule has 0 fully saturated rings. The molecule has 4 rings (SSSR count). The number of rotatable bonds is 3. The van der Waals surface area contributed by atoms with Gasteiger partial charge in [0.05, 0.1) is 18.1 Å². The van der Waals surface area contributed by atoms with Gasteiger partial charge >= 0.3 is 0 Å². The molecule has 3 nitrogen and oxygen atoms in total. The van der Waals surface area contributed by atoms with E-state index < -0.39 is 0 Å². The molecule has 0 saturated heterocycles. The van der Waals surface area contributed by atoms with Crippen LogP contribution in [0.5, 0.6) is 5.75 Å². The third-order valence-electron chi connectivity index (χ3n) is 4.65. The molecule has 0 spiro atoms. The highest BCUT2D eigenvalue weighted by Crippen LogP contribution is 2.35. The smallest absolute Gasteiger partial charge is 0.201 e. The van der Waals surface area contributed by atoms with Crippen LogP contribution in [0.4, 0.5) is 0 Å². The monoisotopic (exact) mass is 376 g/mol. The first-order valence-corrected chi connectivity index (χ1v) is 8.93. The minimum atomic E-state index is -0.0712. The molecule has 27 heavy (non-hydrogen) atoms. The van der Waals surface area contributed by atoms with Crippen molar-refractivity contribution >= 4 is 22.6 Å². The number of ether oxygens (including phenoxy) is 1. The fourth-order valence-electron chi connectivity index (χ4n) is 3.27. The summed E-state index contributed by atoms with van der Waals surface area (Å²) in [5.41, 5.74) is 3.39. The van der Waals surface area contributed by atoms with Gasteiger partial charge in [0.15, 0.2) is 0 Å². The molecule has 1 heterocycles. The van der Waals surface area contributed by atoms with Crippen LogP contribution in [0, 0.1) is 6.92 Å². The quantitative estimate of drug-likeness (QED) is 0.434. The summed E-state index contributed by atoms with van der Waals surface area (Å²) in [6.07, 6.45) is 0. The summed E-state index contributed by atoms with van der Waals surface area (Å²) >= 11 is 6.04. The van der Waals surface area contributed by atoms with Crippen molar-refractivity contribution in [3.05, 3.63) is 87.5 Å². The maximum atomic E-state index is 13.4. The topological polar surface area (TPSA) is 39.4 Å². The van der Waals surface area contributed by atoms with E-state index in [-0.39, 0.29) is 5.43 Å². The molecule has 0 aliphatic heterocycles. The van der Waals surface area contributed by atoms with Crippen molar-refractivity contribution in [3.63, 3.8) is 0 Å². The van der Waals surface area contributed by atoms with Crippen molar-refractivity contribution in [1.29, 1.82) is 0 Å². The normalized spacial score (nSPS) is 10.9. The molecule has 4 heteroatoms. The summed E-state index contributed by atoms with van der Waals surface area (Å²) in [6.45, 7) is 1.89. The zero-order valence-electron chi connectivity index (χ0n) is 15.0. The van der Waals surface area contributed by atoms with Crippen LogP contribution in [0.2, 0.25) is 5.02 Å². The summed E-state index contributed by atoms with van der Waals surface area (Å²) in [5, 5.41) is 1.16. The van der Waals surface area contributed by atoms with Crippen LogP contribution < -0.4 is 10.2 Å². The molecule has 0 bridgehead atoms. The Kier molecular flexibility index (Phi) is 4.46. The Morgan fingerprint density at radius 3 is 2.26 bits per heavy atom. The minimum absolute atomic E-state index is 0.0712. The number of hydrogen-bond acceptors (Lipinski definition) is 3.